The molecule has 0 aliphatic rings. The van der Waals surface area contributed by atoms with Gasteiger partial charge in [0.05, 0.1) is 16.9 Å². The number of aromatic nitrogens is 2. The summed E-state index contributed by atoms with van der Waals surface area (Å²) in [4.78, 5) is 18.9. The van der Waals surface area contributed by atoms with Crippen LogP contribution in [0.25, 0.3) is 0 Å². The average molecular weight is 261 g/mol. The molecule has 6 heteroatoms. The van der Waals surface area contributed by atoms with Crippen molar-refractivity contribution in [2.24, 2.45) is 0 Å². The van der Waals surface area contributed by atoms with Crippen LogP contribution in [0.15, 0.2) is 41.7 Å². The van der Waals surface area contributed by atoms with Gasteiger partial charge in [-0.2, -0.15) is 0 Å². The molecule has 0 unspecified atom stereocenters. The van der Waals surface area contributed by atoms with E-state index in [1.54, 1.807) is 24.4 Å². The Morgan fingerprint density at radius 1 is 1.33 bits per heavy atom. The van der Waals surface area contributed by atoms with E-state index in [-0.39, 0.29) is 5.56 Å². The van der Waals surface area contributed by atoms with Crippen molar-refractivity contribution in [2.75, 3.05) is 5.73 Å². The van der Waals surface area contributed by atoms with Gasteiger partial charge in [-0.05, 0) is 24.3 Å². The molecule has 0 fully saturated rings. The lowest BCUT2D eigenvalue weighted by molar-refractivity contribution is 0.0696. The molecular formula is C12H11N3O2S. The number of carbonyl (C=O) groups is 1. The molecule has 2 aromatic rings. The summed E-state index contributed by atoms with van der Waals surface area (Å²) in [7, 11) is 0. The van der Waals surface area contributed by atoms with Crippen molar-refractivity contribution in [1.29, 1.82) is 0 Å². The standard InChI is InChI=1S/C12H11N3O2S/c13-10-2-1-5-14-11(10)18-7-9-4-3-8(6-15-9)12(16)17/h1-6H,7,13H2,(H,16,17). The number of carboxylic acid groups (broad SMARTS) is 1. The Balaban J connectivity index is 2.02. The van der Waals surface area contributed by atoms with Crippen LogP contribution in [0.3, 0.4) is 0 Å². The Hall–Kier alpha value is -2.08. The number of rotatable bonds is 4. The van der Waals surface area contributed by atoms with E-state index in [0.717, 1.165) is 10.7 Å². The van der Waals surface area contributed by atoms with Crippen molar-refractivity contribution in [3.63, 3.8) is 0 Å². The summed E-state index contributed by atoms with van der Waals surface area (Å²) in [6.07, 6.45) is 3.03. The number of thioether (sulfide) groups is 1. The van der Waals surface area contributed by atoms with Crippen molar-refractivity contribution in [2.45, 2.75) is 10.8 Å². The van der Waals surface area contributed by atoms with E-state index in [0.29, 0.717) is 11.4 Å². The monoisotopic (exact) mass is 261 g/mol. The molecule has 2 rings (SSSR count). The number of hydrogen-bond donors (Lipinski definition) is 2. The van der Waals surface area contributed by atoms with Gasteiger partial charge in [0, 0.05) is 18.1 Å². The number of pyridine rings is 2. The zero-order chi connectivity index (χ0) is 13.0. The summed E-state index contributed by atoms with van der Waals surface area (Å²) in [6.45, 7) is 0. The van der Waals surface area contributed by atoms with Gasteiger partial charge in [-0.3, -0.25) is 4.98 Å². The molecule has 0 atom stereocenters. The van der Waals surface area contributed by atoms with Gasteiger partial charge in [-0.15, -0.1) is 0 Å². The molecule has 18 heavy (non-hydrogen) atoms. The summed E-state index contributed by atoms with van der Waals surface area (Å²) >= 11 is 1.47. The van der Waals surface area contributed by atoms with Crippen LogP contribution in [0.2, 0.25) is 0 Å². The molecule has 0 amide bonds. The van der Waals surface area contributed by atoms with Crippen LogP contribution in [0.5, 0.6) is 0 Å². The first-order valence-electron chi connectivity index (χ1n) is 5.18. The van der Waals surface area contributed by atoms with Gasteiger partial charge in [0.1, 0.15) is 5.03 Å². The minimum absolute atomic E-state index is 0.182. The number of anilines is 1. The topological polar surface area (TPSA) is 89.1 Å². The van der Waals surface area contributed by atoms with Crippen LogP contribution in [0.1, 0.15) is 16.1 Å². The third-order valence-corrected chi connectivity index (χ3v) is 3.28. The predicted molar refractivity (Wildman–Crippen MR) is 69.4 cm³/mol. The van der Waals surface area contributed by atoms with Crippen LogP contribution in [-0.2, 0) is 5.75 Å². The lowest BCUT2D eigenvalue weighted by Crippen LogP contribution is -1.98. The normalized spacial score (nSPS) is 10.2. The molecule has 0 aliphatic carbocycles. The summed E-state index contributed by atoms with van der Waals surface area (Å²) in [6, 6.07) is 6.79. The Bertz CT molecular complexity index is 558. The van der Waals surface area contributed by atoms with Crippen LogP contribution in [0, 0.1) is 0 Å². The molecule has 2 heterocycles. The molecule has 0 aliphatic heterocycles. The molecule has 0 saturated carbocycles. The van der Waals surface area contributed by atoms with Crippen LogP contribution in [-0.4, -0.2) is 21.0 Å². The molecule has 2 aromatic heterocycles. The molecule has 0 saturated heterocycles. The van der Waals surface area contributed by atoms with E-state index in [2.05, 4.69) is 9.97 Å². The first-order chi connectivity index (χ1) is 8.66. The molecular weight excluding hydrogens is 250 g/mol. The third kappa shape index (κ3) is 2.98. The largest absolute Gasteiger partial charge is 0.478 e. The fourth-order valence-electron chi connectivity index (χ4n) is 1.30. The molecule has 0 aromatic carbocycles. The van der Waals surface area contributed by atoms with Gasteiger partial charge in [-0.1, -0.05) is 11.8 Å². The quantitative estimate of drug-likeness (QED) is 0.819. The van der Waals surface area contributed by atoms with Gasteiger partial charge >= 0.3 is 5.97 Å². The second kappa shape index (κ2) is 5.50. The number of hydrogen-bond acceptors (Lipinski definition) is 5. The molecule has 0 bridgehead atoms. The minimum atomic E-state index is -0.976. The van der Waals surface area contributed by atoms with E-state index in [1.165, 1.54) is 24.0 Å². The van der Waals surface area contributed by atoms with Crippen molar-refractivity contribution < 1.29 is 9.90 Å². The Labute approximate surface area is 108 Å². The van der Waals surface area contributed by atoms with Crippen molar-refractivity contribution in [1.82, 2.24) is 9.97 Å². The maximum Gasteiger partial charge on any atom is 0.337 e. The van der Waals surface area contributed by atoms with E-state index in [4.69, 9.17) is 10.8 Å². The summed E-state index contributed by atoms with van der Waals surface area (Å²) in [5.41, 5.74) is 7.37. The number of nitrogens with zero attached hydrogens (tertiary/aromatic N) is 2. The summed E-state index contributed by atoms with van der Waals surface area (Å²) < 4.78 is 0. The highest BCUT2D eigenvalue weighted by atomic mass is 32.2. The molecule has 0 spiro atoms. The third-order valence-electron chi connectivity index (χ3n) is 2.23. The van der Waals surface area contributed by atoms with Gasteiger partial charge in [-0.25, -0.2) is 9.78 Å². The minimum Gasteiger partial charge on any atom is -0.478 e. The van der Waals surface area contributed by atoms with Gasteiger partial charge in [0.25, 0.3) is 0 Å². The van der Waals surface area contributed by atoms with Crippen LogP contribution < -0.4 is 5.73 Å². The van der Waals surface area contributed by atoms with Gasteiger partial charge < -0.3 is 10.8 Å². The number of carboxylic acids is 1. The van der Waals surface area contributed by atoms with Crippen molar-refractivity contribution >= 4 is 23.4 Å². The zero-order valence-electron chi connectivity index (χ0n) is 9.41. The lowest BCUT2D eigenvalue weighted by Gasteiger charge is -2.03. The fourth-order valence-corrected chi connectivity index (χ4v) is 2.13. The Kier molecular flexibility index (Phi) is 3.78. The Morgan fingerprint density at radius 2 is 2.17 bits per heavy atom. The molecule has 5 nitrogen and oxygen atoms in total. The smallest absolute Gasteiger partial charge is 0.337 e. The first kappa shape index (κ1) is 12.4. The highest BCUT2D eigenvalue weighted by molar-refractivity contribution is 7.98. The second-order valence-corrected chi connectivity index (χ2v) is 4.49. The van der Waals surface area contributed by atoms with E-state index < -0.39 is 5.97 Å². The second-order valence-electron chi connectivity index (χ2n) is 3.53. The maximum atomic E-state index is 10.7. The predicted octanol–water partition coefficient (Wildman–Crippen LogP) is 2.05. The number of nitrogens with two attached hydrogens (primary N) is 1. The van der Waals surface area contributed by atoms with Crippen LogP contribution >= 0.6 is 11.8 Å². The van der Waals surface area contributed by atoms with Crippen molar-refractivity contribution in [3.8, 4) is 0 Å². The van der Waals surface area contributed by atoms with Gasteiger partial charge in [0.15, 0.2) is 0 Å². The van der Waals surface area contributed by atoms with Crippen molar-refractivity contribution in [3.05, 3.63) is 47.9 Å². The van der Waals surface area contributed by atoms with Crippen LogP contribution in [0.4, 0.5) is 5.69 Å². The van der Waals surface area contributed by atoms with E-state index in [1.807, 2.05) is 0 Å². The highest BCUT2D eigenvalue weighted by Gasteiger charge is 2.05. The summed E-state index contributed by atoms with van der Waals surface area (Å²) in [5, 5.41) is 9.50. The van der Waals surface area contributed by atoms with E-state index >= 15 is 0 Å². The molecule has 0 radical (unpaired) electrons. The molecule has 92 valence electrons. The Morgan fingerprint density at radius 3 is 2.78 bits per heavy atom. The molecule has 3 N–H and O–H groups in total. The number of aromatic carboxylic acids is 1. The fraction of sp³-hybridized carbons (Fsp3) is 0.0833. The highest BCUT2D eigenvalue weighted by Crippen LogP contribution is 2.24. The average Bonchev–Trinajstić information content (AvgIpc) is 2.38. The number of nitrogen functional groups attached to an aromatic ring is 1. The SMILES string of the molecule is Nc1cccnc1SCc1ccc(C(=O)O)cn1. The lowest BCUT2D eigenvalue weighted by atomic mass is 10.2. The zero-order valence-corrected chi connectivity index (χ0v) is 10.2. The maximum absolute atomic E-state index is 10.7. The summed E-state index contributed by atoms with van der Waals surface area (Å²) in [5.74, 6) is -0.378. The van der Waals surface area contributed by atoms with E-state index in [9.17, 15) is 4.79 Å². The first-order valence-corrected chi connectivity index (χ1v) is 6.17. The van der Waals surface area contributed by atoms with Gasteiger partial charge in [0.2, 0.25) is 0 Å².